The highest BCUT2D eigenvalue weighted by molar-refractivity contribution is 9.10. The van der Waals surface area contributed by atoms with E-state index in [9.17, 15) is 19.2 Å². The van der Waals surface area contributed by atoms with E-state index in [4.69, 9.17) is 4.74 Å². The smallest absolute Gasteiger partial charge is 0.338 e. The number of fused-ring (bicyclic) bond motifs is 1. The molecule has 0 spiro atoms. The van der Waals surface area contributed by atoms with Crippen LogP contribution in [0.25, 0.3) is 0 Å². The summed E-state index contributed by atoms with van der Waals surface area (Å²) in [5, 5.41) is 0. The Balaban J connectivity index is 1.23. The van der Waals surface area contributed by atoms with Gasteiger partial charge in [-0.15, -0.1) is 0 Å². The van der Waals surface area contributed by atoms with E-state index in [0.29, 0.717) is 24.1 Å². The quantitative estimate of drug-likeness (QED) is 0.230. The third-order valence-electron chi connectivity index (χ3n) is 7.06. The summed E-state index contributed by atoms with van der Waals surface area (Å²) < 4.78 is 6.01. The van der Waals surface area contributed by atoms with Gasteiger partial charge in [0.2, 0.25) is 11.8 Å². The maximum Gasteiger partial charge on any atom is 0.338 e. The Morgan fingerprint density at radius 3 is 2.14 bits per heavy atom. The van der Waals surface area contributed by atoms with Gasteiger partial charge in [-0.05, 0) is 67.1 Å². The van der Waals surface area contributed by atoms with Crippen LogP contribution in [0.5, 0.6) is 0 Å². The highest BCUT2D eigenvalue weighted by Crippen LogP contribution is 2.45. The molecule has 2 amide bonds. The zero-order valence-corrected chi connectivity index (χ0v) is 21.0. The van der Waals surface area contributed by atoms with E-state index < -0.39 is 5.97 Å². The van der Waals surface area contributed by atoms with Crippen LogP contribution in [-0.2, 0) is 14.3 Å². The number of esters is 1. The van der Waals surface area contributed by atoms with Gasteiger partial charge >= 0.3 is 5.97 Å². The average molecular weight is 546 g/mol. The van der Waals surface area contributed by atoms with Gasteiger partial charge in [0.05, 0.1) is 23.1 Å². The minimum atomic E-state index is -0.648. The molecule has 0 unspecified atom stereocenters. The Labute approximate surface area is 217 Å². The number of amides is 2. The first kappa shape index (κ1) is 24.1. The van der Waals surface area contributed by atoms with E-state index in [0.717, 1.165) is 10.9 Å². The molecule has 1 saturated heterocycles. The highest BCUT2D eigenvalue weighted by Gasteiger charge is 2.50. The van der Waals surface area contributed by atoms with E-state index in [1.54, 1.807) is 36.4 Å². The van der Waals surface area contributed by atoms with Gasteiger partial charge in [0, 0.05) is 10.0 Å². The number of carbonyl (C=O) groups excluding carboxylic acids is 4. The minimum Gasteiger partial charge on any atom is -0.454 e. The van der Waals surface area contributed by atoms with Crippen molar-refractivity contribution in [3.63, 3.8) is 0 Å². The SMILES string of the molecule is O=C(COC(=O)c1ccc(N2C(=O)[C@H]3C[C@H](c4ccccc4)CC[C@H]3C2=O)cc1)c1ccc(Br)cc1. The second-order valence-corrected chi connectivity index (χ2v) is 10.1. The fraction of sp³-hybridized carbons (Fsp3) is 0.241. The number of hydrogen-bond donors (Lipinski definition) is 0. The van der Waals surface area contributed by atoms with Crippen molar-refractivity contribution in [2.24, 2.45) is 11.8 Å². The molecule has 36 heavy (non-hydrogen) atoms. The third-order valence-corrected chi connectivity index (χ3v) is 7.59. The van der Waals surface area contributed by atoms with Gasteiger partial charge in [-0.1, -0.05) is 58.4 Å². The largest absolute Gasteiger partial charge is 0.454 e. The van der Waals surface area contributed by atoms with Crippen LogP contribution < -0.4 is 4.90 Å². The lowest BCUT2D eigenvalue weighted by Gasteiger charge is -2.28. The van der Waals surface area contributed by atoms with Crippen molar-refractivity contribution in [2.45, 2.75) is 25.2 Å². The predicted molar refractivity (Wildman–Crippen MR) is 138 cm³/mol. The van der Waals surface area contributed by atoms with Crippen molar-refractivity contribution in [2.75, 3.05) is 11.5 Å². The second-order valence-electron chi connectivity index (χ2n) is 9.20. The normalized spacial score (nSPS) is 21.2. The number of benzene rings is 3. The number of carbonyl (C=O) groups is 4. The van der Waals surface area contributed by atoms with Crippen LogP contribution in [0.15, 0.2) is 83.3 Å². The Hall–Kier alpha value is -3.58. The van der Waals surface area contributed by atoms with Gasteiger partial charge in [0.25, 0.3) is 0 Å². The molecule has 3 aromatic carbocycles. The molecule has 2 fully saturated rings. The minimum absolute atomic E-state index is 0.174. The lowest BCUT2D eigenvalue weighted by molar-refractivity contribution is -0.122. The summed E-state index contributed by atoms with van der Waals surface area (Å²) in [5.41, 5.74) is 2.33. The summed E-state index contributed by atoms with van der Waals surface area (Å²) in [7, 11) is 0. The molecule has 5 rings (SSSR count). The van der Waals surface area contributed by atoms with Gasteiger partial charge in [-0.3, -0.25) is 19.3 Å². The van der Waals surface area contributed by atoms with Gasteiger partial charge in [-0.2, -0.15) is 0 Å². The van der Waals surface area contributed by atoms with Gasteiger partial charge in [0.1, 0.15) is 0 Å². The summed E-state index contributed by atoms with van der Waals surface area (Å²) >= 11 is 3.31. The Morgan fingerprint density at radius 1 is 0.806 bits per heavy atom. The molecule has 3 aromatic rings. The van der Waals surface area contributed by atoms with Crippen molar-refractivity contribution in [1.29, 1.82) is 0 Å². The summed E-state index contributed by atoms with van der Waals surface area (Å²) in [4.78, 5) is 52.3. The number of rotatable bonds is 6. The van der Waals surface area contributed by atoms with E-state index in [2.05, 4.69) is 28.1 Å². The molecular formula is C29H24BrNO5. The van der Waals surface area contributed by atoms with Crippen molar-refractivity contribution in [3.05, 3.63) is 100 Å². The lowest BCUT2D eigenvalue weighted by Crippen LogP contribution is -2.30. The van der Waals surface area contributed by atoms with Crippen molar-refractivity contribution in [3.8, 4) is 0 Å². The topological polar surface area (TPSA) is 80.8 Å². The fourth-order valence-corrected chi connectivity index (χ4v) is 5.41. The number of hydrogen-bond acceptors (Lipinski definition) is 5. The zero-order valence-electron chi connectivity index (χ0n) is 19.4. The molecule has 0 N–H and O–H groups in total. The fourth-order valence-electron chi connectivity index (χ4n) is 5.14. The van der Waals surface area contributed by atoms with Crippen molar-refractivity contribution >= 4 is 45.2 Å². The molecule has 0 aromatic heterocycles. The average Bonchev–Trinajstić information content (AvgIpc) is 3.17. The van der Waals surface area contributed by atoms with Crippen LogP contribution in [-0.4, -0.2) is 30.2 Å². The summed E-state index contributed by atoms with van der Waals surface area (Å²) in [6.45, 7) is -0.378. The number of Topliss-reactive ketones (excluding diaryl/α,β-unsaturated/α-hetero) is 1. The van der Waals surface area contributed by atoms with Crippen LogP contribution in [0.1, 0.15) is 51.5 Å². The third kappa shape index (κ3) is 4.75. The Bertz CT molecular complexity index is 1300. The molecular weight excluding hydrogens is 522 g/mol. The van der Waals surface area contributed by atoms with E-state index in [1.165, 1.54) is 22.6 Å². The van der Waals surface area contributed by atoms with Gasteiger partial charge in [-0.25, -0.2) is 4.79 Å². The van der Waals surface area contributed by atoms with E-state index in [-0.39, 0.29) is 47.5 Å². The van der Waals surface area contributed by atoms with Crippen molar-refractivity contribution < 1.29 is 23.9 Å². The molecule has 0 bridgehead atoms. The molecule has 1 saturated carbocycles. The molecule has 182 valence electrons. The predicted octanol–water partition coefficient (Wildman–Crippen LogP) is 5.56. The summed E-state index contributed by atoms with van der Waals surface area (Å²) in [6.07, 6.45) is 2.22. The number of halogens is 1. The monoisotopic (exact) mass is 545 g/mol. The number of anilines is 1. The molecule has 7 heteroatoms. The van der Waals surface area contributed by atoms with E-state index in [1.807, 2.05) is 18.2 Å². The molecule has 2 aliphatic rings. The van der Waals surface area contributed by atoms with E-state index >= 15 is 0 Å². The highest BCUT2D eigenvalue weighted by atomic mass is 79.9. The van der Waals surface area contributed by atoms with Crippen LogP contribution in [0, 0.1) is 11.8 Å². The zero-order chi connectivity index (χ0) is 25.2. The number of ether oxygens (including phenoxy) is 1. The molecule has 1 aliphatic heterocycles. The second kappa shape index (κ2) is 10.2. The number of nitrogens with zero attached hydrogens (tertiary/aromatic N) is 1. The van der Waals surface area contributed by atoms with Gasteiger partial charge < -0.3 is 4.74 Å². The molecule has 1 heterocycles. The van der Waals surface area contributed by atoms with Crippen molar-refractivity contribution in [1.82, 2.24) is 0 Å². The van der Waals surface area contributed by atoms with Crippen LogP contribution in [0.3, 0.4) is 0 Å². The van der Waals surface area contributed by atoms with Crippen LogP contribution in [0.4, 0.5) is 5.69 Å². The number of imide groups is 1. The first-order valence-electron chi connectivity index (χ1n) is 11.9. The first-order valence-corrected chi connectivity index (χ1v) is 12.7. The molecule has 6 nitrogen and oxygen atoms in total. The summed E-state index contributed by atoms with van der Waals surface area (Å²) in [5.74, 6) is -1.67. The molecule has 3 atom stereocenters. The maximum absolute atomic E-state index is 13.3. The van der Waals surface area contributed by atoms with Crippen LogP contribution in [0.2, 0.25) is 0 Å². The standard InChI is InChI=1S/C29H24BrNO5/c30-22-11-6-19(7-12-22)26(32)17-36-29(35)20-8-13-23(14-9-20)31-27(33)24-15-10-21(16-25(24)28(31)34)18-4-2-1-3-5-18/h1-9,11-14,21,24-25H,10,15-17H2/t21-,24-,25+/m1/s1. The molecule has 0 radical (unpaired) electrons. The number of ketones is 1. The van der Waals surface area contributed by atoms with Crippen LogP contribution >= 0.6 is 15.9 Å². The summed E-state index contributed by atoms with van der Waals surface area (Å²) in [6, 6.07) is 23.1. The van der Waals surface area contributed by atoms with Gasteiger partial charge in [0.15, 0.2) is 12.4 Å². The maximum atomic E-state index is 13.3. The lowest BCUT2D eigenvalue weighted by atomic mass is 9.73. The first-order chi connectivity index (χ1) is 17.4. The Morgan fingerprint density at radius 2 is 1.44 bits per heavy atom. The molecule has 1 aliphatic carbocycles. The Kier molecular flexibility index (Phi) is 6.83.